The maximum Gasteiger partial charge on any atom is 0.217 e. The Hall–Kier alpha value is -13.0. The van der Waals surface area contributed by atoms with E-state index in [-0.39, 0.29) is 40.7 Å². The third-order valence-electron chi connectivity index (χ3n) is 24.2. The molecule has 15 heteroatoms. The predicted octanol–water partition coefficient (Wildman–Crippen LogP) is 26.8. The van der Waals surface area contributed by atoms with Gasteiger partial charge >= 0.3 is 0 Å². The SMILES string of the molecule is Cc1cc2c(oc3cc(F)ccc32)c(-c2cc(CC(C)C)c3cc(F)ccc3[n+]2C)c1C.Cc1cc2c(oc3cc(F)ccc32)c(-c2cc(CC(C)C)c3ccc(F)cc3[n+]2C)c1C.Cc1cc2c(oc3cc(F)ccc32)c(-c2ccc3ccc(F)cc3[n+]2C)c1C.Cc1cc2c(oc3ccccc32)c(-c2ccc3c(F)cccc3[n+]2C)c1C. The zero-order valence-corrected chi connectivity index (χ0v) is 69.3. The Morgan fingerprint density at radius 1 is 0.261 bits per heavy atom. The number of fused-ring (bicyclic) bond motifs is 16. The van der Waals surface area contributed by atoms with Crippen molar-refractivity contribution in [3.05, 3.63) is 309 Å². The molecule has 20 aromatic rings. The van der Waals surface area contributed by atoms with E-state index in [1.165, 1.54) is 83.4 Å². The third-order valence-corrected chi connectivity index (χ3v) is 24.2. The van der Waals surface area contributed by atoms with Crippen LogP contribution in [0.2, 0.25) is 0 Å². The average molecular weight is 1590 g/mol. The second-order valence-corrected chi connectivity index (χ2v) is 32.8. The summed E-state index contributed by atoms with van der Waals surface area (Å²) in [7, 11) is 7.87. The Balaban J connectivity index is 0.000000114. The number of hydrogen-bond acceptors (Lipinski definition) is 4. The minimum absolute atomic E-state index is 0.204. The van der Waals surface area contributed by atoms with E-state index < -0.39 is 0 Å². The molecule has 0 fully saturated rings. The second kappa shape index (κ2) is 30.5. The van der Waals surface area contributed by atoms with Gasteiger partial charge in [-0.05, 0) is 257 Å². The molecule has 594 valence electrons. The van der Waals surface area contributed by atoms with Gasteiger partial charge in [0.1, 0.15) is 114 Å². The van der Waals surface area contributed by atoms with E-state index in [1.54, 1.807) is 42.5 Å². The fraction of sp³-hybridized carbons (Fsp3) is 0.192. The van der Waals surface area contributed by atoms with Crippen molar-refractivity contribution < 1.29 is 66.7 Å². The van der Waals surface area contributed by atoms with Gasteiger partial charge in [-0.2, -0.15) is 18.3 Å². The molecule has 0 unspecified atom stereocenters. The minimum Gasteiger partial charge on any atom is -0.455 e. The zero-order valence-electron chi connectivity index (χ0n) is 69.3. The number of aryl methyl sites for hydroxylation is 8. The summed E-state index contributed by atoms with van der Waals surface area (Å²) in [4.78, 5) is 0. The lowest BCUT2D eigenvalue weighted by molar-refractivity contribution is -0.633. The number of halogens is 7. The first kappa shape index (κ1) is 78.5. The minimum atomic E-state index is -0.326. The number of hydrogen-bond donors (Lipinski definition) is 0. The van der Waals surface area contributed by atoms with Crippen LogP contribution in [0, 0.1) is 108 Å². The van der Waals surface area contributed by atoms with Gasteiger partial charge in [-0.1, -0.05) is 52.0 Å². The monoisotopic (exact) mass is 1590 g/mol. The lowest BCUT2D eigenvalue weighted by Crippen LogP contribution is -2.33. The first-order valence-electron chi connectivity index (χ1n) is 40.2. The molecule has 0 bridgehead atoms. The van der Waals surface area contributed by atoms with Gasteiger partial charge in [-0.15, -0.1) is 0 Å². The van der Waals surface area contributed by atoms with Crippen LogP contribution in [0.5, 0.6) is 0 Å². The summed E-state index contributed by atoms with van der Waals surface area (Å²) in [5.41, 5.74) is 28.3. The van der Waals surface area contributed by atoms with Crippen molar-refractivity contribution in [3.8, 4) is 45.0 Å². The Kier molecular flexibility index (Phi) is 20.1. The molecule has 12 aromatic carbocycles. The van der Waals surface area contributed by atoms with Gasteiger partial charge < -0.3 is 17.7 Å². The van der Waals surface area contributed by atoms with E-state index in [0.29, 0.717) is 34.0 Å². The number of aromatic nitrogens is 4. The Morgan fingerprint density at radius 2 is 0.597 bits per heavy atom. The molecule has 119 heavy (non-hydrogen) atoms. The normalized spacial score (nSPS) is 11.9. The van der Waals surface area contributed by atoms with Crippen LogP contribution >= 0.6 is 0 Å². The molecule has 0 aliphatic carbocycles. The molecular formula is C104H89F7N4O4+4. The smallest absolute Gasteiger partial charge is 0.217 e. The van der Waals surface area contributed by atoms with E-state index in [2.05, 4.69) is 123 Å². The van der Waals surface area contributed by atoms with Crippen LogP contribution in [-0.2, 0) is 41.0 Å². The van der Waals surface area contributed by atoms with Gasteiger partial charge in [0.25, 0.3) is 0 Å². The topological polar surface area (TPSA) is 68.1 Å². The van der Waals surface area contributed by atoms with Crippen LogP contribution in [0.3, 0.4) is 0 Å². The quantitative estimate of drug-likeness (QED) is 0.112. The fourth-order valence-electron chi connectivity index (χ4n) is 17.7. The summed E-state index contributed by atoms with van der Waals surface area (Å²) in [6.45, 7) is 25.4. The van der Waals surface area contributed by atoms with Crippen molar-refractivity contribution in [1.29, 1.82) is 0 Å². The number of para-hydroxylation sites is 1. The maximum atomic E-state index is 14.3. The van der Waals surface area contributed by atoms with E-state index in [4.69, 9.17) is 17.7 Å². The molecule has 0 atom stereocenters. The summed E-state index contributed by atoms with van der Waals surface area (Å²) in [5.74, 6) is -1.05. The standard InChI is InChI=1S/2C28H26F2NO.C24H18F2NO.C24H19FNO/c1-15(2)10-18-12-25(31(5)24-9-7-19(29)13-22(18)24)27-17(4)16(3)11-23-21-8-6-20(30)14-26(21)32-28(23)27;1-15(2)10-18-12-25(31(5)24-13-19(29)6-8-21(18)24)27-17(4)16(3)11-23-22-9-7-20(30)14-26(22)32-28(23)27;1-13-10-19-18-8-7-17(26)12-22(18)28-24(19)23(14(13)2)20-9-5-15-4-6-16(25)11-21(15)27(20)3;1-14-13-18-16-7-4-5-10-22(16)27-24(18)23(15(14)2)21-12-11-17-19(25)8-6-9-20(17)26(21)3/h2*6-9,11-15H,10H2,1-5H3;4-12H,1-3H3;4-13H,1-3H3/q4*+1. The number of benzene rings is 12. The molecule has 8 nitrogen and oxygen atoms in total. The number of pyridine rings is 4. The summed E-state index contributed by atoms with van der Waals surface area (Å²) in [6, 6.07) is 62.7. The Bertz CT molecular complexity index is 7630. The summed E-state index contributed by atoms with van der Waals surface area (Å²) < 4.78 is 131. The molecule has 0 aliphatic rings. The summed E-state index contributed by atoms with van der Waals surface area (Å²) >= 11 is 0. The summed E-state index contributed by atoms with van der Waals surface area (Å²) in [6.07, 6.45) is 1.72. The van der Waals surface area contributed by atoms with E-state index in [9.17, 15) is 30.7 Å². The van der Waals surface area contributed by atoms with Crippen LogP contribution in [0.25, 0.3) is 176 Å². The van der Waals surface area contributed by atoms with Crippen molar-refractivity contribution in [3.63, 3.8) is 0 Å². The summed E-state index contributed by atoms with van der Waals surface area (Å²) in [5, 5.41) is 11.4. The van der Waals surface area contributed by atoms with Crippen LogP contribution in [0.1, 0.15) is 83.3 Å². The average Bonchev–Trinajstić information content (AvgIpc) is 1.77. The third kappa shape index (κ3) is 13.8. The van der Waals surface area contributed by atoms with E-state index >= 15 is 0 Å². The highest BCUT2D eigenvalue weighted by atomic mass is 19.2. The number of nitrogens with zero attached hydrogens (tertiary/aromatic N) is 4. The second-order valence-electron chi connectivity index (χ2n) is 32.8. The fourth-order valence-corrected chi connectivity index (χ4v) is 17.7. The van der Waals surface area contributed by atoms with Gasteiger partial charge in [-0.25, -0.2) is 30.7 Å². The zero-order chi connectivity index (χ0) is 83.7. The molecule has 20 rings (SSSR count). The molecule has 8 aromatic heterocycles. The van der Waals surface area contributed by atoms with Gasteiger partial charge in [0.2, 0.25) is 44.8 Å². The highest BCUT2D eigenvalue weighted by Crippen LogP contribution is 2.45. The van der Waals surface area contributed by atoms with Gasteiger partial charge in [0.15, 0.2) is 0 Å². The highest BCUT2D eigenvalue weighted by Gasteiger charge is 2.31. The molecular weight excluding hydrogens is 1500 g/mol. The van der Waals surface area contributed by atoms with Gasteiger partial charge in [-0.3, -0.25) is 0 Å². The molecule has 0 amide bonds. The lowest BCUT2D eigenvalue weighted by atomic mass is 9.92. The van der Waals surface area contributed by atoms with Crippen molar-refractivity contribution in [1.82, 2.24) is 0 Å². The van der Waals surface area contributed by atoms with Crippen LogP contribution in [-0.4, -0.2) is 0 Å². The molecule has 0 saturated heterocycles. The van der Waals surface area contributed by atoms with Crippen LogP contribution < -0.4 is 18.3 Å². The van der Waals surface area contributed by atoms with Crippen LogP contribution in [0.15, 0.2) is 230 Å². The highest BCUT2D eigenvalue weighted by molar-refractivity contribution is 6.14. The number of furan rings is 4. The first-order chi connectivity index (χ1) is 57.0. The Labute approximate surface area is 683 Å². The van der Waals surface area contributed by atoms with Crippen molar-refractivity contribution >= 4 is 131 Å². The van der Waals surface area contributed by atoms with Crippen LogP contribution in [0.4, 0.5) is 30.7 Å². The molecule has 8 heterocycles. The molecule has 0 aliphatic heterocycles. The number of rotatable bonds is 8. The molecule has 0 saturated carbocycles. The first-order valence-corrected chi connectivity index (χ1v) is 40.2. The van der Waals surface area contributed by atoms with Gasteiger partial charge in [0.05, 0.1) is 33.0 Å². The lowest BCUT2D eigenvalue weighted by Gasteiger charge is -2.14. The molecule has 0 radical (unpaired) electrons. The largest absolute Gasteiger partial charge is 0.455 e. The van der Waals surface area contributed by atoms with E-state index in [0.717, 1.165) is 206 Å². The molecule has 0 spiro atoms. The van der Waals surface area contributed by atoms with Crippen molar-refractivity contribution in [2.45, 2.75) is 95.9 Å². The van der Waals surface area contributed by atoms with Crippen molar-refractivity contribution in [2.75, 3.05) is 0 Å². The molecule has 0 N–H and O–H groups in total. The maximum absolute atomic E-state index is 14.3. The predicted molar refractivity (Wildman–Crippen MR) is 466 cm³/mol. The van der Waals surface area contributed by atoms with Crippen molar-refractivity contribution in [2.24, 2.45) is 40.0 Å². The van der Waals surface area contributed by atoms with E-state index in [1.807, 2.05) is 109 Å². The van der Waals surface area contributed by atoms with Gasteiger partial charge in [0, 0.05) is 121 Å². The Morgan fingerprint density at radius 3 is 1.08 bits per heavy atom.